The van der Waals surface area contributed by atoms with Crippen molar-refractivity contribution in [1.29, 1.82) is 0 Å². The fraction of sp³-hybridized carbons (Fsp3) is 0.500. The lowest BCUT2D eigenvalue weighted by atomic mass is 9.90. The number of fused-ring (bicyclic) bond motifs is 1. The highest BCUT2D eigenvalue weighted by atomic mass is 16.7. The number of rotatable bonds is 5. The van der Waals surface area contributed by atoms with Crippen LogP contribution in [0, 0.1) is 6.92 Å². The van der Waals surface area contributed by atoms with Crippen molar-refractivity contribution >= 4 is 17.5 Å². The van der Waals surface area contributed by atoms with Crippen molar-refractivity contribution in [2.24, 2.45) is 0 Å². The summed E-state index contributed by atoms with van der Waals surface area (Å²) in [5, 5.41) is 6.73. The van der Waals surface area contributed by atoms with Crippen LogP contribution in [-0.2, 0) is 11.3 Å². The summed E-state index contributed by atoms with van der Waals surface area (Å²) in [5.41, 5.74) is 1.47. The number of aromatic nitrogens is 2. The van der Waals surface area contributed by atoms with E-state index in [-0.39, 0.29) is 18.7 Å². The predicted octanol–water partition coefficient (Wildman–Crippen LogP) is 2.87. The van der Waals surface area contributed by atoms with E-state index in [1.807, 2.05) is 50.2 Å². The number of hydrogen-bond acceptors (Lipinski definition) is 7. The van der Waals surface area contributed by atoms with Crippen molar-refractivity contribution in [2.45, 2.75) is 51.3 Å². The van der Waals surface area contributed by atoms with Crippen LogP contribution in [-0.4, -0.2) is 48.8 Å². The van der Waals surface area contributed by atoms with Crippen LogP contribution in [0.4, 0.5) is 11.6 Å². The summed E-state index contributed by atoms with van der Waals surface area (Å²) >= 11 is 0. The number of anilines is 2. The van der Waals surface area contributed by atoms with E-state index >= 15 is 0 Å². The molecule has 8 nitrogen and oxygen atoms in total. The third-order valence-electron chi connectivity index (χ3n) is 5.62. The quantitative estimate of drug-likeness (QED) is 0.782. The Bertz CT molecular complexity index is 910. The Morgan fingerprint density at radius 1 is 1.13 bits per heavy atom. The number of nitrogens with one attached hydrogen (secondary N) is 2. The number of carbonyl (C=O) groups excluding carboxylic acids is 1. The van der Waals surface area contributed by atoms with Crippen LogP contribution < -0.4 is 20.3 Å². The third-order valence-corrected chi connectivity index (χ3v) is 5.62. The number of nitrogens with zero attached hydrogens (tertiary/aromatic N) is 3. The van der Waals surface area contributed by atoms with Gasteiger partial charge in [0, 0.05) is 43.4 Å². The van der Waals surface area contributed by atoms with E-state index in [0.29, 0.717) is 18.2 Å². The molecule has 8 heteroatoms. The molecule has 0 spiro atoms. The maximum absolute atomic E-state index is 12.8. The molecule has 1 fully saturated rings. The van der Waals surface area contributed by atoms with Crippen LogP contribution in [0.25, 0.3) is 0 Å². The van der Waals surface area contributed by atoms with E-state index in [1.54, 1.807) is 0 Å². The Labute approximate surface area is 177 Å². The first kappa shape index (κ1) is 20.4. The maximum Gasteiger partial charge on any atom is 0.252 e. The van der Waals surface area contributed by atoms with Crippen LogP contribution in [0.15, 0.2) is 24.3 Å². The van der Waals surface area contributed by atoms with Gasteiger partial charge in [-0.15, -0.1) is 0 Å². The van der Waals surface area contributed by atoms with Crippen LogP contribution in [0.5, 0.6) is 5.75 Å². The maximum atomic E-state index is 12.8. The highest BCUT2D eigenvalue weighted by Gasteiger charge is 2.25. The minimum Gasteiger partial charge on any atom is -0.467 e. The van der Waals surface area contributed by atoms with Gasteiger partial charge in [0.2, 0.25) is 0 Å². The second kappa shape index (κ2) is 8.87. The number of carbonyl (C=O) groups is 1. The molecule has 0 saturated heterocycles. The van der Waals surface area contributed by atoms with E-state index in [2.05, 4.69) is 20.6 Å². The van der Waals surface area contributed by atoms with E-state index in [1.165, 1.54) is 0 Å². The molecule has 4 rings (SSSR count). The fourth-order valence-electron chi connectivity index (χ4n) is 4.02. The van der Waals surface area contributed by atoms with Gasteiger partial charge in [-0.3, -0.25) is 4.79 Å². The average Bonchev–Trinajstić information content (AvgIpc) is 2.74. The van der Waals surface area contributed by atoms with Crippen molar-refractivity contribution in [1.82, 2.24) is 15.3 Å². The molecule has 2 aromatic rings. The van der Waals surface area contributed by atoms with Crippen molar-refractivity contribution in [3.8, 4) is 5.75 Å². The lowest BCUT2D eigenvalue weighted by molar-refractivity contribution is -0.0167. The zero-order valence-corrected chi connectivity index (χ0v) is 17.8. The highest BCUT2D eigenvalue weighted by Crippen LogP contribution is 2.28. The Morgan fingerprint density at radius 3 is 2.67 bits per heavy atom. The summed E-state index contributed by atoms with van der Waals surface area (Å²) in [6.07, 6.45) is 3.81. The van der Waals surface area contributed by atoms with Gasteiger partial charge >= 0.3 is 0 Å². The van der Waals surface area contributed by atoms with Gasteiger partial charge in [-0.25, -0.2) is 9.97 Å². The van der Waals surface area contributed by atoms with Crippen molar-refractivity contribution < 1.29 is 14.3 Å². The van der Waals surface area contributed by atoms with E-state index in [0.717, 1.165) is 54.5 Å². The largest absolute Gasteiger partial charge is 0.467 e. The standard InChI is InChI=1S/C22H29N5O3/c1-14-23-20(11-21(24-14)27(2)3)25-15-7-9-16(10-8-15)26-22(28)17-5-4-6-19-18(17)12-29-13-30-19/h4-6,11,15-16H,7-10,12-13H2,1-3H3,(H,26,28)(H,23,24,25). The van der Waals surface area contributed by atoms with Gasteiger partial charge in [0.05, 0.1) is 6.61 Å². The van der Waals surface area contributed by atoms with E-state index in [4.69, 9.17) is 9.47 Å². The molecule has 1 saturated carbocycles. The molecule has 0 bridgehead atoms. The summed E-state index contributed by atoms with van der Waals surface area (Å²) in [6, 6.07) is 8.05. The predicted molar refractivity (Wildman–Crippen MR) is 115 cm³/mol. The van der Waals surface area contributed by atoms with Crippen LogP contribution in [0.3, 0.4) is 0 Å². The molecular weight excluding hydrogens is 382 g/mol. The van der Waals surface area contributed by atoms with Gasteiger partial charge in [-0.05, 0) is 44.7 Å². The number of amides is 1. The van der Waals surface area contributed by atoms with Crippen molar-refractivity contribution in [2.75, 3.05) is 31.1 Å². The lowest BCUT2D eigenvalue weighted by Crippen LogP contribution is -2.40. The third kappa shape index (κ3) is 4.64. The van der Waals surface area contributed by atoms with E-state index < -0.39 is 0 Å². The van der Waals surface area contributed by atoms with Crippen LogP contribution in [0.2, 0.25) is 0 Å². The van der Waals surface area contributed by atoms with Gasteiger partial charge in [0.25, 0.3) is 5.91 Å². The minimum atomic E-state index is -0.0561. The minimum absolute atomic E-state index is 0.0561. The summed E-state index contributed by atoms with van der Waals surface area (Å²) in [6.45, 7) is 2.54. The monoisotopic (exact) mass is 411 g/mol. The first-order valence-electron chi connectivity index (χ1n) is 10.4. The number of ether oxygens (including phenoxy) is 2. The molecule has 2 aliphatic rings. The molecule has 2 heterocycles. The van der Waals surface area contributed by atoms with E-state index in [9.17, 15) is 4.79 Å². The number of aryl methyl sites for hydroxylation is 1. The highest BCUT2D eigenvalue weighted by molar-refractivity contribution is 5.96. The molecule has 1 aromatic heterocycles. The topological polar surface area (TPSA) is 88.6 Å². The van der Waals surface area contributed by atoms with Gasteiger partial charge in [0.1, 0.15) is 23.2 Å². The first-order valence-corrected chi connectivity index (χ1v) is 10.4. The van der Waals surface area contributed by atoms with Crippen molar-refractivity contribution in [3.63, 3.8) is 0 Å². The Morgan fingerprint density at radius 2 is 1.90 bits per heavy atom. The molecule has 0 radical (unpaired) electrons. The van der Waals surface area contributed by atoms with Gasteiger partial charge < -0.3 is 25.0 Å². The summed E-state index contributed by atoms with van der Waals surface area (Å²) in [5.74, 6) is 3.18. The zero-order valence-electron chi connectivity index (χ0n) is 17.8. The second-order valence-electron chi connectivity index (χ2n) is 8.11. The number of benzene rings is 1. The van der Waals surface area contributed by atoms with Gasteiger partial charge in [-0.2, -0.15) is 0 Å². The molecular formula is C22H29N5O3. The Balaban J connectivity index is 1.33. The van der Waals surface area contributed by atoms with Crippen molar-refractivity contribution in [3.05, 3.63) is 41.2 Å². The number of hydrogen-bond donors (Lipinski definition) is 2. The van der Waals surface area contributed by atoms with Gasteiger partial charge in [-0.1, -0.05) is 6.07 Å². The van der Waals surface area contributed by atoms with Crippen LogP contribution >= 0.6 is 0 Å². The molecule has 1 aliphatic heterocycles. The SMILES string of the molecule is Cc1nc(NC2CCC(NC(=O)c3cccc4c3COCO4)CC2)cc(N(C)C)n1. The summed E-state index contributed by atoms with van der Waals surface area (Å²) < 4.78 is 10.8. The first-order chi connectivity index (χ1) is 14.5. The molecule has 0 unspecified atom stereocenters. The molecule has 160 valence electrons. The normalized spacial score (nSPS) is 20.6. The Kier molecular flexibility index (Phi) is 6.03. The molecule has 1 amide bonds. The lowest BCUT2D eigenvalue weighted by Gasteiger charge is -2.30. The fourth-order valence-corrected chi connectivity index (χ4v) is 4.02. The molecule has 30 heavy (non-hydrogen) atoms. The molecule has 2 N–H and O–H groups in total. The average molecular weight is 412 g/mol. The summed E-state index contributed by atoms with van der Waals surface area (Å²) in [7, 11) is 3.95. The molecule has 1 aromatic carbocycles. The Hall–Kier alpha value is -2.87. The van der Waals surface area contributed by atoms with Crippen LogP contribution in [0.1, 0.15) is 47.4 Å². The summed E-state index contributed by atoms with van der Waals surface area (Å²) in [4.78, 5) is 23.8. The molecule has 0 atom stereocenters. The smallest absolute Gasteiger partial charge is 0.252 e. The zero-order chi connectivity index (χ0) is 21.1. The molecule has 1 aliphatic carbocycles. The second-order valence-corrected chi connectivity index (χ2v) is 8.11. The van der Waals surface area contributed by atoms with Gasteiger partial charge in [0.15, 0.2) is 6.79 Å².